The molecule has 0 bridgehead atoms. The molecule has 0 aliphatic heterocycles. The first kappa shape index (κ1) is 24.3. The van der Waals surface area contributed by atoms with Crippen LogP contribution in [0.25, 0.3) is 0 Å². The van der Waals surface area contributed by atoms with Gasteiger partial charge in [0.15, 0.2) is 11.5 Å². The summed E-state index contributed by atoms with van der Waals surface area (Å²) in [5.74, 6) is -2.48. The van der Waals surface area contributed by atoms with Crippen molar-refractivity contribution in [3.05, 3.63) is 47.3 Å². The third-order valence-corrected chi connectivity index (χ3v) is 6.16. The summed E-state index contributed by atoms with van der Waals surface area (Å²) in [6, 6.07) is 4.42. The van der Waals surface area contributed by atoms with Crippen molar-refractivity contribution in [3.63, 3.8) is 0 Å². The molecule has 2 aromatic rings. The molecule has 1 N–H and O–H groups in total. The fraction of sp³-hybridized carbons (Fsp3) is 0.316. The van der Waals surface area contributed by atoms with Crippen LogP contribution in [0, 0.1) is 5.82 Å². The van der Waals surface area contributed by atoms with Crippen LogP contribution in [-0.2, 0) is 16.2 Å². The summed E-state index contributed by atoms with van der Waals surface area (Å²) in [6.45, 7) is 1.41. The van der Waals surface area contributed by atoms with Crippen LogP contribution in [0.3, 0.4) is 0 Å². The van der Waals surface area contributed by atoms with Gasteiger partial charge in [0.2, 0.25) is 10.0 Å². The predicted molar refractivity (Wildman–Crippen MR) is 107 cm³/mol. The van der Waals surface area contributed by atoms with Crippen LogP contribution in [-0.4, -0.2) is 41.3 Å². The highest BCUT2D eigenvalue weighted by Gasteiger charge is 2.34. The number of hydrogen-bond acceptors (Lipinski definition) is 5. The van der Waals surface area contributed by atoms with E-state index in [4.69, 9.17) is 9.47 Å². The summed E-state index contributed by atoms with van der Waals surface area (Å²) in [5.41, 5.74) is -2.19. The first-order valence-corrected chi connectivity index (χ1v) is 10.4. The fourth-order valence-electron chi connectivity index (χ4n) is 2.67. The lowest BCUT2D eigenvalue weighted by atomic mass is 10.1. The van der Waals surface area contributed by atoms with Gasteiger partial charge in [-0.2, -0.15) is 13.2 Å². The van der Waals surface area contributed by atoms with Crippen LogP contribution in [0.2, 0.25) is 0 Å². The maximum Gasteiger partial charge on any atom is 0.419 e. The summed E-state index contributed by atoms with van der Waals surface area (Å²) in [6.07, 6.45) is -4.96. The number of amides is 1. The maximum absolute atomic E-state index is 13.5. The zero-order valence-corrected chi connectivity index (χ0v) is 17.8. The van der Waals surface area contributed by atoms with Crippen molar-refractivity contribution in [1.82, 2.24) is 0 Å². The van der Waals surface area contributed by atoms with E-state index in [1.54, 1.807) is 0 Å². The maximum atomic E-state index is 13.5. The SMILES string of the molecule is CCS(=O)(=O)N(C)c1cc(OC)c(OC)cc1C(=O)Nc1ccc(F)c(C(F)(F)F)c1. The van der Waals surface area contributed by atoms with Gasteiger partial charge in [0, 0.05) is 18.8 Å². The number of hydrogen-bond donors (Lipinski definition) is 1. The number of anilines is 2. The number of nitrogens with one attached hydrogen (secondary N) is 1. The zero-order chi connectivity index (χ0) is 23.6. The number of rotatable bonds is 7. The standard InChI is InChI=1S/C19H20F4N2O5S/c1-5-31(27,28)25(2)15-10-17(30-4)16(29-3)9-12(15)18(26)24-11-6-7-14(20)13(8-11)19(21,22)23/h6-10H,5H2,1-4H3,(H,24,26). The Morgan fingerprint density at radius 1 is 1.10 bits per heavy atom. The largest absolute Gasteiger partial charge is 0.493 e. The number of methoxy groups -OCH3 is 2. The molecule has 0 saturated carbocycles. The van der Waals surface area contributed by atoms with Gasteiger partial charge in [-0.25, -0.2) is 12.8 Å². The molecule has 0 atom stereocenters. The van der Waals surface area contributed by atoms with Crippen LogP contribution in [0.5, 0.6) is 11.5 Å². The molecule has 0 spiro atoms. The van der Waals surface area contributed by atoms with E-state index in [2.05, 4.69) is 5.32 Å². The molecule has 0 aliphatic rings. The van der Waals surface area contributed by atoms with E-state index in [-0.39, 0.29) is 34.2 Å². The minimum Gasteiger partial charge on any atom is -0.493 e. The van der Waals surface area contributed by atoms with E-state index >= 15 is 0 Å². The van der Waals surface area contributed by atoms with Crippen molar-refractivity contribution in [2.24, 2.45) is 0 Å². The van der Waals surface area contributed by atoms with E-state index < -0.39 is 33.5 Å². The molecule has 0 radical (unpaired) electrons. The Bertz CT molecular complexity index is 1090. The van der Waals surface area contributed by atoms with E-state index in [9.17, 15) is 30.8 Å². The molecular formula is C19H20F4N2O5S. The molecule has 2 aromatic carbocycles. The second-order valence-electron chi connectivity index (χ2n) is 6.24. The van der Waals surface area contributed by atoms with Crippen molar-refractivity contribution >= 4 is 27.3 Å². The quantitative estimate of drug-likeness (QED) is 0.629. The number of benzene rings is 2. The van der Waals surface area contributed by atoms with Crippen LogP contribution >= 0.6 is 0 Å². The highest BCUT2D eigenvalue weighted by Crippen LogP contribution is 2.37. The Balaban J connectivity index is 2.57. The number of nitrogens with zero attached hydrogens (tertiary/aromatic N) is 1. The van der Waals surface area contributed by atoms with Crippen LogP contribution in [0.15, 0.2) is 30.3 Å². The van der Waals surface area contributed by atoms with Gasteiger partial charge in [-0.1, -0.05) is 0 Å². The molecule has 31 heavy (non-hydrogen) atoms. The number of halogens is 4. The topological polar surface area (TPSA) is 84.9 Å². The number of sulfonamides is 1. The van der Waals surface area contributed by atoms with Gasteiger partial charge in [-0.05, 0) is 31.2 Å². The Labute approximate surface area is 176 Å². The molecule has 7 nitrogen and oxygen atoms in total. The lowest BCUT2D eigenvalue weighted by Gasteiger charge is -2.23. The molecule has 0 aliphatic carbocycles. The molecule has 0 heterocycles. The number of ether oxygens (including phenoxy) is 2. The van der Waals surface area contributed by atoms with Gasteiger partial charge < -0.3 is 14.8 Å². The van der Waals surface area contributed by atoms with E-state index in [0.717, 1.165) is 10.4 Å². The van der Waals surface area contributed by atoms with Crippen LogP contribution in [0.4, 0.5) is 28.9 Å². The molecule has 0 unspecified atom stereocenters. The average Bonchev–Trinajstić information content (AvgIpc) is 2.72. The monoisotopic (exact) mass is 464 g/mol. The summed E-state index contributed by atoms with van der Waals surface area (Å²) >= 11 is 0. The lowest BCUT2D eigenvalue weighted by Crippen LogP contribution is -2.30. The second-order valence-corrected chi connectivity index (χ2v) is 8.53. The highest BCUT2D eigenvalue weighted by molar-refractivity contribution is 7.92. The number of alkyl halides is 3. The summed E-state index contributed by atoms with van der Waals surface area (Å²) in [7, 11) is 0.0263. The summed E-state index contributed by atoms with van der Waals surface area (Å²) in [5, 5.41) is 2.23. The normalized spacial score (nSPS) is 11.7. The summed E-state index contributed by atoms with van der Waals surface area (Å²) < 4.78 is 88.2. The van der Waals surface area contributed by atoms with Gasteiger partial charge in [-0.15, -0.1) is 0 Å². The third-order valence-electron chi connectivity index (χ3n) is 4.40. The molecule has 170 valence electrons. The van der Waals surface area contributed by atoms with Gasteiger partial charge in [-0.3, -0.25) is 9.10 Å². The van der Waals surface area contributed by atoms with Crippen molar-refractivity contribution < 1.29 is 40.2 Å². The van der Waals surface area contributed by atoms with E-state index in [1.807, 2.05) is 0 Å². The van der Waals surface area contributed by atoms with Crippen LogP contribution < -0.4 is 19.1 Å². The molecule has 2 rings (SSSR count). The summed E-state index contributed by atoms with van der Waals surface area (Å²) in [4.78, 5) is 12.9. The van der Waals surface area contributed by atoms with Crippen molar-refractivity contribution in [2.75, 3.05) is 36.6 Å². The van der Waals surface area contributed by atoms with Crippen molar-refractivity contribution in [1.29, 1.82) is 0 Å². The van der Waals surface area contributed by atoms with Gasteiger partial charge in [0.1, 0.15) is 5.82 Å². The number of carbonyl (C=O) groups is 1. The van der Waals surface area contributed by atoms with Crippen molar-refractivity contribution in [3.8, 4) is 11.5 Å². The Kier molecular flexibility index (Phi) is 7.04. The Hall–Kier alpha value is -3.02. The first-order chi connectivity index (χ1) is 14.3. The van der Waals surface area contributed by atoms with Crippen LogP contribution in [0.1, 0.15) is 22.8 Å². The molecule has 0 fully saturated rings. The second kappa shape index (κ2) is 9.00. The molecular weight excluding hydrogens is 444 g/mol. The minimum absolute atomic E-state index is 0.0878. The van der Waals surface area contributed by atoms with Gasteiger partial charge >= 0.3 is 6.18 Å². The smallest absolute Gasteiger partial charge is 0.419 e. The average molecular weight is 464 g/mol. The predicted octanol–water partition coefficient (Wildman–Crippen LogP) is 3.90. The fourth-order valence-corrected chi connectivity index (χ4v) is 3.51. The van der Waals surface area contributed by atoms with Gasteiger partial charge in [0.05, 0.1) is 36.8 Å². The first-order valence-electron chi connectivity index (χ1n) is 8.76. The third kappa shape index (κ3) is 5.19. The molecule has 1 amide bonds. The Morgan fingerprint density at radius 3 is 2.19 bits per heavy atom. The van der Waals surface area contributed by atoms with Crippen molar-refractivity contribution in [2.45, 2.75) is 13.1 Å². The van der Waals surface area contributed by atoms with Gasteiger partial charge in [0.25, 0.3) is 5.91 Å². The van der Waals surface area contributed by atoms with E-state index in [0.29, 0.717) is 12.1 Å². The number of carbonyl (C=O) groups excluding carboxylic acids is 1. The minimum atomic E-state index is -4.96. The highest BCUT2D eigenvalue weighted by atomic mass is 32.2. The zero-order valence-electron chi connectivity index (χ0n) is 17.0. The molecule has 0 saturated heterocycles. The Morgan fingerprint density at radius 2 is 1.68 bits per heavy atom. The molecule has 12 heteroatoms. The molecule has 0 aromatic heterocycles. The lowest BCUT2D eigenvalue weighted by molar-refractivity contribution is -0.139. The van der Waals surface area contributed by atoms with E-state index in [1.165, 1.54) is 40.3 Å².